The quantitative estimate of drug-likeness (QED) is 0.496. The van der Waals surface area contributed by atoms with Gasteiger partial charge < -0.3 is 5.32 Å². The number of aromatic nitrogens is 3. The molecule has 0 radical (unpaired) electrons. The van der Waals surface area contributed by atoms with E-state index >= 15 is 0 Å². The number of carbonyl (C=O) groups excluding carboxylic acids is 2. The molecular formula is C24H28N6O2S. The molecule has 0 unspecified atom stereocenters. The molecule has 3 amide bonds. The van der Waals surface area contributed by atoms with E-state index in [-0.39, 0.29) is 0 Å². The second kappa shape index (κ2) is 11.1. The van der Waals surface area contributed by atoms with E-state index in [2.05, 4.69) is 25.7 Å². The lowest BCUT2D eigenvalue weighted by Gasteiger charge is -2.18. The highest BCUT2D eigenvalue weighted by atomic mass is 32.2. The average molecular weight is 465 g/mol. The number of benzene rings is 2. The third-order valence-corrected chi connectivity index (χ3v) is 6.61. The number of hydrogen-bond donors (Lipinski definition) is 2. The molecule has 33 heavy (non-hydrogen) atoms. The second-order valence-electron chi connectivity index (χ2n) is 7.81. The Morgan fingerprint density at radius 3 is 2.33 bits per heavy atom. The van der Waals surface area contributed by atoms with Crippen molar-refractivity contribution in [2.75, 3.05) is 19.6 Å². The summed E-state index contributed by atoms with van der Waals surface area (Å²) in [4.78, 5) is 27.5. The number of nitrogens with zero attached hydrogens (tertiary/aromatic N) is 4. The maximum Gasteiger partial charge on any atom is 0.321 e. The lowest BCUT2D eigenvalue weighted by Crippen LogP contribution is -2.41. The smallest absolute Gasteiger partial charge is 0.321 e. The second-order valence-corrected chi connectivity index (χ2v) is 8.88. The predicted molar refractivity (Wildman–Crippen MR) is 128 cm³/mol. The van der Waals surface area contributed by atoms with Crippen molar-refractivity contribution < 1.29 is 9.59 Å². The van der Waals surface area contributed by atoms with Crippen LogP contribution in [0.15, 0.2) is 65.8 Å². The van der Waals surface area contributed by atoms with Crippen LogP contribution in [0, 0.1) is 0 Å². The Kier molecular flexibility index (Phi) is 7.74. The fourth-order valence-electron chi connectivity index (χ4n) is 3.84. The number of nitrogens with one attached hydrogen (secondary N) is 2. The van der Waals surface area contributed by atoms with Crippen LogP contribution in [0.25, 0.3) is 5.69 Å². The predicted octanol–water partition coefficient (Wildman–Crippen LogP) is 3.54. The maximum absolute atomic E-state index is 13.1. The highest BCUT2D eigenvalue weighted by molar-refractivity contribution is 8.00. The Labute approximate surface area is 197 Å². The van der Waals surface area contributed by atoms with Crippen LogP contribution in [0.1, 0.15) is 36.4 Å². The van der Waals surface area contributed by atoms with Gasteiger partial charge in [0.1, 0.15) is 5.25 Å². The average Bonchev–Trinajstić information content (AvgIpc) is 3.49. The van der Waals surface area contributed by atoms with Crippen molar-refractivity contribution in [1.82, 2.24) is 30.3 Å². The topological polar surface area (TPSA) is 92.2 Å². The van der Waals surface area contributed by atoms with E-state index in [1.807, 2.05) is 65.2 Å². The molecule has 0 spiro atoms. The van der Waals surface area contributed by atoms with Crippen molar-refractivity contribution in [2.45, 2.75) is 36.7 Å². The van der Waals surface area contributed by atoms with Gasteiger partial charge in [0.05, 0.1) is 6.54 Å². The summed E-state index contributed by atoms with van der Waals surface area (Å²) in [6, 6.07) is 18.8. The maximum atomic E-state index is 13.1. The molecule has 0 aliphatic carbocycles. The third-order valence-electron chi connectivity index (χ3n) is 5.42. The summed E-state index contributed by atoms with van der Waals surface area (Å²) in [5.41, 5.74) is 1.73. The minimum Gasteiger partial charge on any atom is -0.338 e. The summed E-state index contributed by atoms with van der Waals surface area (Å²) in [5.74, 6) is 0.433. The van der Waals surface area contributed by atoms with Crippen LogP contribution in [0.4, 0.5) is 4.79 Å². The lowest BCUT2D eigenvalue weighted by molar-refractivity contribution is -0.119. The Balaban J connectivity index is 1.67. The van der Waals surface area contributed by atoms with Gasteiger partial charge in [-0.25, -0.2) is 4.79 Å². The third kappa shape index (κ3) is 5.80. The number of amides is 3. The van der Waals surface area contributed by atoms with E-state index in [1.54, 1.807) is 6.92 Å². The molecule has 0 bridgehead atoms. The first-order chi connectivity index (χ1) is 16.2. The molecule has 8 nitrogen and oxygen atoms in total. The summed E-state index contributed by atoms with van der Waals surface area (Å²) in [5, 5.41) is 14.0. The number of hydrogen-bond acceptors (Lipinski definition) is 6. The number of rotatable bonds is 8. The monoisotopic (exact) mass is 464 g/mol. The van der Waals surface area contributed by atoms with Crippen LogP contribution in [0.5, 0.6) is 0 Å². The number of imide groups is 1. The van der Waals surface area contributed by atoms with Gasteiger partial charge in [0, 0.05) is 12.2 Å². The van der Waals surface area contributed by atoms with Crippen LogP contribution < -0.4 is 10.6 Å². The van der Waals surface area contributed by atoms with E-state index < -0.39 is 17.2 Å². The molecule has 2 aromatic carbocycles. The van der Waals surface area contributed by atoms with Crippen molar-refractivity contribution in [3.8, 4) is 5.69 Å². The standard InChI is InChI=1S/C24H28N6O2S/c1-2-25-23(32)26-22(31)21(18-11-5-3-6-12-18)33-24-28-27-20(17-29-15-9-10-16-29)30(24)19-13-7-4-8-14-19/h3-8,11-14,21H,2,9-10,15-17H2,1H3,(H2,25,26,31,32)/t21-/m0/s1. The van der Waals surface area contributed by atoms with Gasteiger partial charge in [-0.3, -0.25) is 19.6 Å². The van der Waals surface area contributed by atoms with Crippen molar-refractivity contribution in [2.24, 2.45) is 0 Å². The van der Waals surface area contributed by atoms with Crippen LogP contribution in [-0.4, -0.2) is 51.2 Å². The van der Waals surface area contributed by atoms with Crippen LogP contribution in [-0.2, 0) is 11.3 Å². The highest BCUT2D eigenvalue weighted by Crippen LogP contribution is 2.36. The molecule has 4 rings (SSSR count). The molecule has 1 aliphatic rings. The summed E-state index contributed by atoms with van der Waals surface area (Å²) >= 11 is 1.29. The largest absolute Gasteiger partial charge is 0.338 e. The minimum atomic E-state index is -0.667. The summed E-state index contributed by atoms with van der Waals surface area (Å²) in [6.45, 7) is 5.03. The van der Waals surface area contributed by atoms with Gasteiger partial charge in [-0.15, -0.1) is 10.2 Å². The number of urea groups is 1. The highest BCUT2D eigenvalue weighted by Gasteiger charge is 2.28. The van der Waals surface area contributed by atoms with Gasteiger partial charge in [-0.2, -0.15) is 0 Å². The molecule has 172 valence electrons. The first kappa shape index (κ1) is 23.0. The summed E-state index contributed by atoms with van der Waals surface area (Å²) in [7, 11) is 0. The summed E-state index contributed by atoms with van der Waals surface area (Å²) in [6.07, 6.45) is 2.38. The molecule has 0 saturated carbocycles. The van der Waals surface area contributed by atoms with E-state index in [0.29, 0.717) is 18.2 Å². The Bertz CT molecular complexity index is 1070. The van der Waals surface area contributed by atoms with Gasteiger partial charge >= 0.3 is 6.03 Å². The first-order valence-corrected chi connectivity index (χ1v) is 12.1. The van der Waals surface area contributed by atoms with E-state index in [1.165, 1.54) is 24.6 Å². The molecule has 1 aromatic heterocycles. The molecule has 2 heterocycles. The van der Waals surface area contributed by atoms with Gasteiger partial charge in [0.25, 0.3) is 0 Å². The lowest BCUT2D eigenvalue weighted by atomic mass is 10.1. The zero-order chi connectivity index (χ0) is 23.0. The normalized spacial score (nSPS) is 14.7. The minimum absolute atomic E-state index is 0.402. The van der Waals surface area contributed by atoms with Crippen molar-refractivity contribution in [1.29, 1.82) is 0 Å². The van der Waals surface area contributed by atoms with E-state index in [4.69, 9.17) is 0 Å². The van der Waals surface area contributed by atoms with E-state index in [0.717, 1.165) is 30.2 Å². The molecule has 1 saturated heterocycles. The molecule has 1 aliphatic heterocycles. The van der Waals surface area contributed by atoms with Gasteiger partial charge in [0.15, 0.2) is 11.0 Å². The van der Waals surface area contributed by atoms with Gasteiger partial charge in [-0.1, -0.05) is 60.3 Å². The van der Waals surface area contributed by atoms with Crippen LogP contribution >= 0.6 is 11.8 Å². The zero-order valence-corrected chi connectivity index (χ0v) is 19.4. The number of carbonyl (C=O) groups is 2. The number of thioether (sulfide) groups is 1. The van der Waals surface area contributed by atoms with Crippen molar-refractivity contribution in [3.05, 3.63) is 72.1 Å². The fraction of sp³-hybridized carbons (Fsp3) is 0.333. The fourth-order valence-corrected chi connectivity index (χ4v) is 4.92. The van der Waals surface area contributed by atoms with Crippen LogP contribution in [0.3, 0.4) is 0 Å². The Morgan fingerprint density at radius 1 is 1.00 bits per heavy atom. The number of likely N-dealkylation sites (tertiary alicyclic amines) is 1. The Morgan fingerprint density at radius 2 is 1.67 bits per heavy atom. The van der Waals surface area contributed by atoms with E-state index in [9.17, 15) is 9.59 Å². The van der Waals surface area contributed by atoms with Crippen molar-refractivity contribution in [3.63, 3.8) is 0 Å². The number of para-hydroxylation sites is 1. The molecule has 3 aromatic rings. The van der Waals surface area contributed by atoms with Gasteiger partial charge in [-0.05, 0) is 50.6 Å². The van der Waals surface area contributed by atoms with Crippen LogP contribution in [0.2, 0.25) is 0 Å². The molecule has 1 fully saturated rings. The molecule has 9 heteroatoms. The van der Waals surface area contributed by atoms with Gasteiger partial charge in [0.2, 0.25) is 5.91 Å². The summed E-state index contributed by atoms with van der Waals surface area (Å²) < 4.78 is 2.01. The van der Waals surface area contributed by atoms with Crippen molar-refractivity contribution >= 4 is 23.7 Å². The SMILES string of the molecule is CCNC(=O)NC(=O)[C@@H](Sc1nnc(CN2CCCC2)n1-c1ccccc1)c1ccccc1. The molecule has 2 N–H and O–H groups in total. The Hall–Kier alpha value is -3.17. The zero-order valence-electron chi connectivity index (χ0n) is 18.6. The first-order valence-electron chi connectivity index (χ1n) is 11.2. The molecular weight excluding hydrogens is 436 g/mol. The molecule has 1 atom stereocenters.